The number of aromatic amines is 1. The molecule has 2 rings (SSSR count). The van der Waals surface area contributed by atoms with E-state index in [9.17, 15) is 9.59 Å². The summed E-state index contributed by atoms with van der Waals surface area (Å²) >= 11 is 0. The van der Waals surface area contributed by atoms with Crippen molar-refractivity contribution in [2.45, 2.75) is 6.92 Å². The zero-order valence-electron chi connectivity index (χ0n) is 12.3. The molecule has 2 amide bonds. The monoisotopic (exact) mass is 289 g/mol. The number of hydrogen-bond donors (Lipinski definition) is 3. The molecule has 0 saturated carbocycles. The zero-order chi connectivity index (χ0) is 15.6. The van der Waals surface area contributed by atoms with Crippen LogP contribution in [0, 0.1) is 5.92 Å². The average molecular weight is 289 g/mol. The molecule has 7 nitrogen and oxygen atoms in total. The van der Waals surface area contributed by atoms with Crippen LogP contribution >= 0.6 is 0 Å². The smallest absolute Gasteiger partial charge is 0.274 e. The Bertz CT molecular complexity index is 679. The molecule has 1 aromatic heterocycles. The molecule has 2 aromatic rings. The van der Waals surface area contributed by atoms with E-state index in [0.29, 0.717) is 23.3 Å². The molecule has 112 valence electrons. The number of nitrogens with zero attached hydrogens (tertiary/aromatic N) is 2. The second kappa shape index (κ2) is 5.82. The maximum Gasteiger partial charge on any atom is 0.274 e. The predicted molar refractivity (Wildman–Crippen MR) is 80.7 cm³/mol. The molecule has 4 N–H and O–H groups in total. The molecular weight excluding hydrogens is 270 g/mol. The molecule has 0 aliphatic rings. The molecule has 7 heteroatoms. The number of H-pyrrole nitrogens is 1. The van der Waals surface area contributed by atoms with Crippen molar-refractivity contribution in [3.8, 4) is 0 Å². The van der Waals surface area contributed by atoms with E-state index in [1.165, 1.54) is 4.90 Å². The highest BCUT2D eigenvalue weighted by molar-refractivity contribution is 6.05. The minimum atomic E-state index is -0.292. The summed E-state index contributed by atoms with van der Waals surface area (Å²) in [6.07, 6.45) is 0. The minimum Gasteiger partial charge on any atom is -0.399 e. The Balaban J connectivity index is 2.21. The molecule has 0 radical (unpaired) electrons. The third-order valence-electron chi connectivity index (χ3n) is 3.38. The van der Waals surface area contributed by atoms with Crippen molar-refractivity contribution in [2.75, 3.05) is 26.4 Å². The van der Waals surface area contributed by atoms with Crippen molar-refractivity contribution in [1.29, 1.82) is 0 Å². The molecular formula is C14H19N5O2. The Labute approximate surface area is 122 Å². The summed E-state index contributed by atoms with van der Waals surface area (Å²) in [7, 11) is 3.22. The third kappa shape index (κ3) is 2.96. The number of anilines is 1. The molecule has 21 heavy (non-hydrogen) atoms. The van der Waals surface area contributed by atoms with E-state index in [1.54, 1.807) is 39.2 Å². The van der Waals surface area contributed by atoms with Gasteiger partial charge in [0.05, 0.1) is 11.4 Å². The van der Waals surface area contributed by atoms with E-state index in [2.05, 4.69) is 15.5 Å². The van der Waals surface area contributed by atoms with Crippen LogP contribution < -0.4 is 11.1 Å². The van der Waals surface area contributed by atoms with Crippen molar-refractivity contribution < 1.29 is 9.59 Å². The predicted octanol–water partition coefficient (Wildman–Crippen LogP) is 0.599. The van der Waals surface area contributed by atoms with E-state index >= 15 is 0 Å². The molecule has 0 saturated heterocycles. The lowest BCUT2D eigenvalue weighted by atomic mass is 10.1. The zero-order valence-corrected chi connectivity index (χ0v) is 12.3. The van der Waals surface area contributed by atoms with Crippen molar-refractivity contribution >= 4 is 28.4 Å². The number of nitrogen functional groups attached to an aromatic ring is 1. The Kier molecular flexibility index (Phi) is 4.11. The molecule has 1 atom stereocenters. The Morgan fingerprint density at radius 3 is 2.86 bits per heavy atom. The number of carbonyl (C=O) groups excluding carboxylic acids is 2. The summed E-state index contributed by atoms with van der Waals surface area (Å²) in [6.45, 7) is 2.08. The van der Waals surface area contributed by atoms with Crippen molar-refractivity contribution in [3.05, 3.63) is 23.9 Å². The largest absolute Gasteiger partial charge is 0.399 e. The normalized spacial score (nSPS) is 12.1. The number of aromatic nitrogens is 2. The van der Waals surface area contributed by atoms with Crippen LogP contribution in [0.3, 0.4) is 0 Å². The van der Waals surface area contributed by atoms with Crippen molar-refractivity contribution in [1.82, 2.24) is 20.4 Å². The fourth-order valence-corrected chi connectivity index (χ4v) is 2.20. The summed E-state index contributed by atoms with van der Waals surface area (Å²) in [5.74, 6) is -0.646. The number of benzene rings is 1. The number of fused-ring (bicyclic) bond motifs is 1. The van der Waals surface area contributed by atoms with Gasteiger partial charge in [-0.05, 0) is 18.2 Å². The maximum absolute atomic E-state index is 12.4. The van der Waals surface area contributed by atoms with Crippen molar-refractivity contribution in [2.24, 2.45) is 5.92 Å². The minimum absolute atomic E-state index is 0.106. The molecule has 1 aromatic carbocycles. The second-order valence-electron chi connectivity index (χ2n) is 5.08. The second-order valence-corrected chi connectivity index (χ2v) is 5.08. The Morgan fingerprint density at radius 1 is 1.48 bits per heavy atom. The van der Waals surface area contributed by atoms with Crippen LogP contribution in [0.1, 0.15) is 17.4 Å². The van der Waals surface area contributed by atoms with Gasteiger partial charge in [0.1, 0.15) is 0 Å². The highest BCUT2D eigenvalue weighted by Crippen LogP contribution is 2.20. The Morgan fingerprint density at radius 2 is 2.19 bits per heavy atom. The number of rotatable bonds is 4. The number of hydrogen-bond acceptors (Lipinski definition) is 4. The molecule has 0 aliphatic heterocycles. The number of nitrogens with one attached hydrogen (secondary N) is 2. The van der Waals surface area contributed by atoms with Crippen LogP contribution in [0.15, 0.2) is 18.2 Å². The fraction of sp³-hybridized carbons (Fsp3) is 0.357. The van der Waals surface area contributed by atoms with Gasteiger partial charge in [0.15, 0.2) is 5.69 Å². The number of amides is 2. The van der Waals surface area contributed by atoms with Gasteiger partial charge in [0.25, 0.3) is 5.91 Å². The lowest BCUT2D eigenvalue weighted by Crippen LogP contribution is -2.37. The fourth-order valence-electron chi connectivity index (χ4n) is 2.20. The molecule has 0 spiro atoms. The SMILES string of the molecule is CNC(=O)C(C)CN(C)C(=O)c1n[nH]c2ccc(N)cc12. The van der Waals surface area contributed by atoms with E-state index in [1.807, 2.05) is 0 Å². The van der Waals surface area contributed by atoms with E-state index in [-0.39, 0.29) is 17.7 Å². The molecule has 0 fully saturated rings. The summed E-state index contributed by atoms with van der Waals surface area (Å²) in [5, 5.41) is 10.1. The van der Waals surface area contributed by atoms with Gasteiger partial charge in [-0.25, -0.2) is 0 Å². The van der Waals surface area contributed by atoms with Gasteiger partial charge in [-0.1, -0.05) is 6.92 Å². The van der Waals surface area contributed by atoms with Crippen LogP contribution in [0.25, 0.3) is 10.9 Å². The van der Waals surface area contributed by atoms with Crippen LogP contribution in [-0.2, 0) is 4.79 Å². The first-order chi connectivity index (χ1) is 9.93. The van der Waals surface area contributed by atoms with Gasteiger partial charge in [0, 0.05) is 31.7 Å². The van der Waals surface area contributed by atoms with Gasteiger partial charge < -0.3 is 16.0 Å². The molecule has 1 unspecified atom stereocenters. The summed E-state index contributed by atoms with van der Waals surface area (Å²) in [5.41, 5.74) is 7.38. The number of nitrogens with two attached hydrogens (primary N) is 1. The van der Waals surface area contributed by atoms with Crippen LogP contribution in [0.5, 0.6) is 0 Å². The van der Waals surface area contributed by atoms with Crippen LogP contribution in [-0.4, -0.2) is 47.6 Å². The standard InChI is InChI=1S/C14H19N5O2/c1-8(13(20)16-2)7-19(3)14(21)12-10-6-9(15)4-5-11(10)17-18-12/h4-6,8H,7,15H2,1-3H3,(H,16,20)(H,17,18). The van der Waals surface area contributed by atoms with Gasteiger partial charge >= 0.3 is 0 Å². The van der Waals surface area contributed by atoms with E-state index < -0.39 is 0 Å². The van der Waals surface area contributed by atoms with Crippen LogP contribution in [0.2, 0.25) is 0 Å². The molecule has 0 aliphatic carbocycles. The highest BCUT2D eigenvalue weighted by Gasteiger charge is 2.22. The lowest BCUT2D eigenvalue weighted by molar-refractivity contribution is -0.124. The molecule has 0 bridgehead atoms. The number of carbonyl (C=O) groups is 2. The average Bonchev–Trinajstić information content (AvgIpc) is 2.88. The first kappa shape index (κ1) is 14.8. The highest BCUT2D eigenvalue weighted by atomic mass is 16.2. The van der Waals surface area contributed by atoms with Crippen LogP contribution in [0.4, 0.5) is 5.69 Å². The summed E-state index contributed by atoms with van der Waals surface area (Å²) in [6, 6.07) is 5.23. The van der Waals surface area contributed by atoms with E-state index in [4.69, 9.17) is 5.73 Å². The molecule has 1 heterocycles. The summed E-state index contributed by atoms with van der Waals surface area (Å²) in [4.78, 5) is 25.5. The van der Waals surface area contributed by atoms with E-state index in [0.717, 1.165) is 5.52 Å². The maximum atomic E-state index is 12.4. The summed E-state index contributed by atoms with van der Waals surface area (Å²) < 4.78 is 0. The topological polar surface area (TPSA) is 104 Å². The third-order valence-corrected chi connectivity index (χ3v) is 3.38. The first-order valence-corrected chi connectivity index (χ1v) is 6.64. The van der Waals surface area contributed by atoms with Crippen molar-refractivity contribution in [3.63, 3.8) is 0 Å². The van der Waals surface area contributed by atoms with Gasteiger partial charge in [-0.3, -0.25) is 14.7 Å². The Hall–Kier alpha value is -2.57. The van der Waals surface area contributed by atoms with Gasteiger partial charge in [-0.2, -0.15) is 5.10 Å². The first-order valence-electron chi connectivity index (χ1n) is 6.64. The van der Waals surface area contributed by atoms with Gasteiger partial charge in [0.2, 0.25) is 5.91 Å². The lowest BCUT2D eigenvalue weighted by Gasteiger charge is -2.19. The quantitative estimate of drug-likeness (QED) is 0.717. The van der Waals surface area contributed by atoms with Gasteiger partial charge in [-0.15, -0.1) is 0 Å².